The number of nitrogens with zero attached hydrogens (tertiary/aromatic N) is 1. The van der Waals surface area contributed by atoms with Crippen molar-refractivity contribution in [1.82, 2.24) is 4.90 Å². The summed E-state index contributed by atoms with van der Waals surface area (Å²) in [6, 6.07) is 25.6. The van der Waals surface area contributed by atoms with Gasteiger partial charge in [0.25, 0.3) is 0 Å². The van der Waals surface area contributed by atoms with Gasteiger partial charge in [0.15, 0.2) is 6.29 Å². The van der Waals surface area contributed by atoms with Gasteiger partial charge in [-0.15, -0.1) is 0 Å². The largest absolute Gasteiger partial charge is 0.507 e. The summed E-state index contributed by atoms with van der Waals surface area (Å²) >= 11 is 6.28. The van der Waals surface area contributed by atoms with E-state index in [1.54, 1.807) is 0 Å². The Morgan fingerprint density at radius 1 is 0.907 bits per heavy atom. The molecule has 0 radical (unpaired) electrons. The number of ether oxygens (including phenoxy) is 2. The lowest BCUT2D eigenvalue weighted by Crippen LogP contribution is -2.39. The first-order valence-electron chi connectivity index (χ1n) is 14.7. The van der Waals surface area contributed by atoms with E-state index in [2.05, 4.69) is 55.1 Å². The number of likely N-dealkylation sites (tertiary alicyclic amines) is 1. The molecule has 0 spiro atoms. The van der Waals surface area contributed by atoms with E-state index >= 15 is 0 Å². The highest BCUT2D eigenvalue weighted by Gasteiger charge is 2.22. The van der Waals surface area contributed by atoms with Crippen LogP contribution >= 0.6 is 11.6 Å². The maximum Gasteiger partial charge on any atom is 0.153 e. The van der Waals surface area contributed by atoms with E-state index < -0.39 is 0 Å². The smallest absolute Gasteiger partial charge is 0.153 e. The van der Waals surface area contributed by atoms with E-state index in [0.717, 1.165) is 66.0 Å². The highest BCUT2D eigenvalue weighted by atomic mass is 35.5. The number of aromatic hydroxyl groups is 1. The second-order valence-corrected chi connectivity index (χ2v) is 11.6. The Bertz CT molecular complexity index is 1550. The fourth-order valence-electron chi connectivity index (χ4n) is 5.70. The summed E-state index contributed by atoms with van der Waals surface area (Å²) in [5.41, 5.74) is 6.66. The molecule has 6 nitrogen and oxygen atoms in total. The first kappa shape index (κ1) is 30.6. The Hall–Kier alpha value is -3.84. The number of aldehydes is 1. The summed E-state index contributed by atoms with van der Waals surface area (Å²) in [7, 11) is 0. The van der Waals surface area contributed by atoms with Crippen molar-refractivity contribution < 1.29 is 24.5 Å². The molecule has 4 aromatic carbocycles. The summed E-state index contributed by atoms with van der Waals surface area (Å²) in [5, 5.41) is 20.3. The van der Waals surface area contributed by atoms with Gasteiger partial charge in [-0.2, -0.15) is 0 Å². The number of phenols is 1. The van der Waals surface area contributed by atoms with Crippen molar-refractivity contribution >= 4 is 17.9 Å². The van der Waals surface area contributed by atoms with Crippen molar-refractivity contribution in [2.75, 3.05) is 26.2 Å². The minimum Gasteiger partial charge on any atom is -0.507 e. The van der Waals surface area contributed by atoms with Gasteiger partial charge < -0.3 is 24.6 Å². The monoisotopic (exact) mass is 599 g/mol. The summed E-state index contributed by atoms with van der Waals surface area (Å²) in [5.74, 6) is 1.20. The average Bonchev–Trinajstić information content (AvgIpc) is 3.02. The first-order valence-corrected chi connectivity index (χ1v) is 15.1. The predicted octanol–water partition coefficient (Wildman–Crippen LogP) is 7.34. The lowest BCUT2D eigenvalue weighted by atomic mass is 9.93. The van der Waals surface area contributed by atoms with Crippen molar-refractivity contribution in [2.45, 2.75) is 45.3 Å². The van der Waals surface area contributed by atoms with E-state index in [1.807, 2.05) is 30.3 Å². The van der Waals surface area contributed by atoms with Crippen molar-refractivity contribution in [1.29, 1.82) is 0 Å². The van der Waals surface area contributed by atoms with Gasteiger partial charge in [0, 0.05) is 31.6 Å². The topological polar surface area (TPSA) is 79.2 Å². The maximum atomic E-state index is 11.1. The zero-order valence-corrected chi connectivity index (χ0v) is 25.4. The molecule has 1 atom stereocenters. The van der Waals surface area contributed by atoms with E-state index in [4.69, 9.17) is 21.1 Å². The minimum atomic E-state index is -0.192. The average molecular weight is 600 g/mol. The minimum absolute atomic E-state index is 0.120. The number of halogens is 1. The lowest BCUT2D eigenvalue weighted by Gasteiger charge is -2.32. The molecule has 2 N–H and O–H groups in total. The van der Waals surface area contributed by atoms with Gasteiger partial charge >= 0.3 is 0 Å². The molecule has 1 fully saturated rings. The molecule has 7 heteroatoms. The van der Waals surface area contributed by atoms with Gasteiger partial charge in [0.1, 0.15) is 23.9 Å². The molecular weight excluding hydrogens is 562 g/mol. The Balaban J connectivity index is 1.33. The molecule has 0 bridgehead atoms. The van der Waals surface area contributed by atoms with E-state index in [-0.39, 0.29) is 35.0 Å². The maximum absolute atomic E-state index is 11.1. The number of phenolic OH excluding ortho intramolecular Hbond substituents is 1. The van der Waals surface area contributed by atoms with E-state index in [9.17, 15) is 15.0 Å². The van der Waals surface area contributed by atoms with Crippen LogP contribution in [0, 0.1) is 13.8 Å². The predicted molar refractivity (Wildman–Crippen MR) is 171 cm³/mol. The molecule has 1 heterocycles. The molecule has 1 aliphatic heterocycles. The molecule has 1 aliphatic rings. The second kappa shape index (κ2) is 14.1. The van der Waals surface area contributed by atoms with Crippen LogP contribution in [0.1, 0.15) is 51.4 Å². The number of benzene rings is 4. The zero-order valence-electron chi connectivity index (χ0n) is 24.6. The van der Waals surface area contributed by atoms with Gasteiger partial charge in [-0.1, -0.05) is 72.3 Å². The van der Waals surface area contributed by atoms with Crippen LogP contribution in [-0.4, -0.2) is 53.7 Å². The van der Waals surface area contributed by atoms with Gasteiger partial charge in [-0.05, 0) is 72.2 Å². The van der Waals surface area contributed by atoms with Crippen LogP contribution < -0.4 is 9.47 Å². The van der Waals surface area contributed by atoms with Gasteiger partial charge in [0.05, 0.1) is 23.3 Å². The standard InChI is InChI=1S/C36H38ClNO5/c1-24-27(22-43-36-19-34(41)28(21-39)18-33(36)37)10-6-11-31(24)32-12-7-13-35(25(32)2)42-23-29(26-8-4-3-5-9-26)20-38-16-14-30(40)15-17-38/h3-13,18-19,21,29-30,40-41H,14-17,20,22-23H2,1-2H3. The third-order valence-electron chi connectivity index (χ3n) is 8.36. The number of hydrogen-bond donors (Lipinski definition) is 2. The van der Waals surface area contributed by atoms with E-state index in [0.29, 0.717) is 18.6 Å². The Morgan fingerprint density at radius 2 is 1.60 bits per heavy atom. The highest BCUT2D eigenvalue weighted by Crippen LogP contribution is 2.36. The fraction of sp³-hybridized carbons (Fsp3) is 0.306. The summed E-state index contributed by atoms with van der Waals surface area (Å²) in [4.78, 5) is 13.5. The highest BCUT2D eigenvalue weighted by molar-refractivity contribution is 6.32. The summed E-state index contributed by atoms with van der Waals surface area (Å²) in [6.07, 6.45) is 1.99. The molecule has 4 aromatic rings. The molecule has 224 valence electrons. The lowest BCUT2D eigenvalue weighted by molar-refractivity contribution is 0.0763. The third kappa shape index (κ3) is 7.39. The molecule has 5 rings (SSSR count). The van der Waals surface area contributed by atoms with E-state index in [1.165, 1.54) is 17.7 Å². The Kier molecular flexibility index (Phi) is 10.0. The first-order chi connectivity index (χ1) is 20.8. The molecule has 1 unspecified atom stereocenters. The number of piperidine rings is 1. The Labute approximate surface area is 258 Å². The number of hydrogen-bond acceptors (Lipinski definition) is 6. The van der Waals surface area contributed by atoms with Gasteiger partial charge in [0.2, 0.25) is 0 Å². The normalized spacial score (nSPS) is 14.8. The fourth-order valence-corrected chi connectivity index (χ4v) is 5.92. The number of aliphatic hydroxyl groups excluding tert-OH is 1. The second-order valence-electron chi connectivity index (χ2n) is 11.2. The number of carbonyl (C=O) groups excluding carboxylic acids is 1. The van der Waals surface area contributed by atoms with Crippen LogP contribution in [0.3, 0.4) is 0 Å². The van der Waals surface area contributed by atoms with Gasteiger partial charge in [-0.25, -0.2) is 0 Å². The summed E-state index contributed by atoms with van der Waals surface area (Å²) < 4.78 is 12.5. The van der Waals surface area contributed by atoms with Crippen molar-refractivity contribution in [3.8, 4) is 28.4 Å². The summed E-state index contributed by atoms with van der Waals surface area (Å²) in [6.45, 7) is 7.64. The van der Waals surface area contributed by atoms with Gasteiger partial charge in [-0.3, -0.25) is 4.79 Å². The van der Waals surface area contributed by atoms with Crippen LogP contribution in [0.15, 0.2) is 78.9 Å². The SMILES string of the molecule is Cc1c(COc2cc(O)c(C=O)cc2Cl)cccc1-c1cccc(OCC(CN2CCC(O)CC2)c2ccccc2)c1C. The molecule has 1 saturated heterocycles. The van der Waals surface area contributed by atoms with Crippen molar-refractivity contribution in [2.24, 2.45) is 0 Å². The quantitative estimate of drug-likeness (QED) is 0.176. The van der Waals surface area contributed by atoms with Crippen LogP contribution in [0.2, 0.25) is 5.02 Å². The van der Waals surface area contributed by atoms with Crippen molar-refractivity contribution in [3.05, 3.63) is 112 Å². The van der Waals surface area contributed by atoms with Crippen molar-refractivity contribution in [3.63, 3.8) is 0 Å². The van der Waals surface area contributed by atoms with Crippen LogP contribution in [0.25, 0.3) is 11.1 Å². The van der Waals surface area contributed by atoms with Crippen LogP contribution in [0.4, 0.5) is 0 Å². The number of carbonyl (C=O) groups is 1. The molecule has 43 heavy (non-hydrogen) atoms. The number of rotatable bonds is 11. The molecule has 0 amide bonds. The molecule has 0 aromatic heterocycles. The number of aliphatic hydroxyl groups is 1. The molecular formula is C36H38ClNO5. The third-order valence-corrected chi connectivity index (χ3v) is 8.65. The van der Waals surface area contributed by atoms with Crippen LogP contribution in [-0.2, 0) is 6.61 Å². The molecule has 0 aliphatic carbocycles. The Morgan fingerprint density at radius 3 is 2.33 bits per heavy atom. The zero-order chi connectivity index (χ0) is 30.3. The molecule has 0 saturated carbocycles. The van der Waals surface area contributed by atoms with Crippen LogP contribution in [0.5, 0.6) is 17.2 Å².